The fourth-order valence-electron chi connectivity index (χ4n) is 9.55. The van der Waals surface area contributed by atoms with Gasteiger partial charge in [-0.15, -0.1) is 11.8 Å². The fourth-order valence-corrected chi connectivity index (χ4v) is 11.0. The van der Waals surface area contributed by atoms with Gasteiger partial charge >= 0.3 is 12.1 Å². The molecule has 0 spiro atoms. The number of hydrogen-bond donors (Lipinski definition) is 3. The molecular formula is C47H64ClN5O13S. The van der Waals surface area contributed by atoms with Crippen molar-refractivity contribution in [3.05, 3.63) is 46.5 Å². The molecule has 368 valence electrons. The van der Waals surface area contributed by atoms with Crippen molar-refractivity contribution in [2.75, 3.05) is 45.5 Å². The number of ether oxygens (including phenoxy) is 5. The van der Waals surface area contributed by atoms with Crippen LogP contribution in [0, 0.1) is 17.8 Å². The molecule has 4 bridgehead atoms. The predicted molar refractivity (Wildman–Crippen MR) is 248 cm³/mol. The van der Waals surface area contributed by atoms with Crippen molar-refractivity contribution >= 4 is 70.6 Å². The average Bonchev–Trinajstić information content (AvgIpc) is 3.91. The van der Waals surface area contributed by atoms with Crippen LogP contribution in [0.5, 0.6) is 5.75 Å². The van der Waals surface area contributed by atoms with Gasteiger partial charge < -0.3 is 44.3 Å². The van der Waals surface area contributed by atoms with E-state index in [1.165, 1.54) is 54.7 Å². The van der Waals surface area contributed by atoms with Gasteiger partial charge in [0.05, 0.1) is 30.6 Å². The lowest BCUT2D eigenvalue weighted by Gasteiger charge is -2.42. The Hall–Kier alpha value is -4.69. The number of carbonyl (C=O) groups is 7. The first-order valence-corrected chi connectivity index (χ1v) is 24.1. The number of carbonyl (C=O) groups excluding carboxylic acids is 7. The number of allylic oxidation sites excluding steroid dienone is 3. The topological polar surface area (TPSA) is 237 Å². The number of fused-ring (bicyclic) bond motifs is 5. The Balaban J connectivity index is 1.16. The molecule has 1 aromatic rings. The van der Waals surface area contributed by atoms with E-state index < -0.39 is 76.8 Å². The Morgan fingerprint density at radius 2 is 1.81 bits per heavy atom. The number of aliphatic hydroxyl groups is 1. The van der Waals surface area contributed by atoms with Crippen molar-refractivity contribution in [1.82, 2.24) is 15.1 Å². The summed E-state index contributed by atoms with van der Waals surface area (Å²) >= 11 is 8.02. The number of methoxy groups -OCH3 is 2. The molecule has 67 heavy (non-hydrogen) atoms. The Labute approximate surface area is 400 Å². The number of nitrogens with zero attached hydrogens (tertiary/aromatic N) is 3. The van der Waals surface area contributed by atoms with Gasteiger partial charge in [-0.05, 0) is 76.5 Å². The second kappa shape index (κ2) is 21.3. The standard InChI is InChI=1S/C47H64ClN5O13S/c1-25-10-9-11-35(63-8)47(61)23-33(64-45(60)50-47)26(2)41-46(4,66-41)36(22-38(55)52(6)31-19-29(18-25)20-32(62-7)40(31)48)65-44(59)27(3)51(5)37(54)16-17-67-34-21-39(56)53(43(34)58)24-28-12-14-30(15-13-28)42(49)57/h9-11,19-20,26-28,30,33-36,41,61H,12-18,21-24H2,1-8H3,(H2,49,57)(H,50,60)/t26-,27+,28?,30?,33+,34?,35-,36+,41+,46+,47+/m1/s1. The molecule has 6 amide bonds. The third-order valence-electron chi connectivity index (χ3n) is 14.1. The van der Waals surface area contributed by atoms with Crippen molar-refractivity contribution in [2.45, 2.75) is 133 Å². The van der Waals surface area contributed by atoms with E-state index in [-0.39, 0.29) is 66.0 Å². The minimum absolute atomic E-state index is 0.0246. The highest BCUT2D eigenvalue weighted by atomic mass is 35.5. The zero-order valence-electron chi connectivity index (χ0n) is 39.4. The third-order valence-corrected chi connectivity index (χ3v) is 15.6. The first kappa shape index (κ1) is 51.7. The van der Waals surface area contributed by atoms with Crippen LogP contribution in [-0.2, 0) is 54.1 Å². The molecular weight excluding hydrogens is 910 g/mol. The number of thioether (sulfide) groups is 1. The normalized spacial score (nSPS) is 31.8. The smallest absolute Gasteiger partial charge is 0.409 e. The molecule has 4 aliphatic heterocycles. The van der Waals surface area contributed by atoms with Gasteiger partial charge in [0.15, 0.2) is 5.72 Å². The molecule has 5 aliphatic rings. The van der Waals surface area contributed by atoms with Crippen LogP contribution in [0.25, 0.3) is 0 Å². The number of nitrogens with two attached hydrogens (primary N) is 1. The molecule has 6 rings (SSSR count). The number of likely N-dealkylation sites (tertiary alicyclic amines) is 1. The van der Waals surface area contributed by atoms with Crippen LogP contribution in [0.1, 0.15) is 84.6 Å². The summed E-state index contributed by atoms with van der Waals surface area (Å²) < 4.78 is 29.4. The van der Waals surface area contributed by atoms with Crippen molar-refractivity contribution in [1.29, 1.82) is 0 Å². The molecule has 4 N–H and O–H groups in total. The van der Waals surface area contributed by atoms with Crippen molar-refractivity contribution < 1.29 is 62.4 Å². The number of rotatable bonds is 12. The molecule has 1 aromatic carbocycles. The van der Waals surface area contributed by atoms with Gasteiger partial charge in [0.1, 0.15) is 40.7 Å². The average molecular weight is 975 g/mol. The lowest BCUT2D eigenvalue weighted by molar-refractivity contribution is -0.162. The zero-order chi connectivity index (χ0) is 49.1. The van der Waals surface area contributed by atoms with Crippen molar-refractivity contribution in [3.8, 4) is 5.75 Å². The van der Waals surface area contributed by atoms with Gasteiger partial charge in [0.25, 0.3) is 0 Å². The van der Waals surface area contributed by atoms with Crippen molar-refractivity contribution in [2.24, 2.45) is 23.5 Å². The molecule has 4 fully saturated rings. The van der Waals surface area contributed by atoms with Crippen LogP contribution >= 0.6 is 23.4 Å². The summed E-state index contributed by atoms with van der Waals surface area (Å²) in [5, 5.41) is 13.9. The number of benzene rings is 1. The number of anilines is 1. The zero-order valence-corrected chi connectivity index (χ0v) is 41.0. The van der Waals surface area contributed by atoms with Gasteiger partial charge in [-0.25, -0.2) is 9.59 Å². The lowest BCUT2D eigenvalue weighted by atomic mass is 9.81. The molecule has 0 aromatic heterocycles. The molecule has 0 radical (unpaired) electrons. The van der Waals surface area contributed by atoms with E-state index in [0.29, 0.717) is 50.1 Å². The first-order valence-electron chi connectivity index (χ1n) is 22.7. The van der Waals surface area contributed by atoms with Crippen LogP contribution in [-0.4, -0.2) is 144 Å². The predicted octanol–water partition coefficient (Wildman–Crippen LogP) is 4.06. The van der Waals surface area contributed by atoms with Gasteiger partial charge in [-0.3, -0.25) is 34.2 Å². The van der Waals surface area contributed by atoms with Crippen LogP contribution in [0.4, 0.5) is 10.5 Å². The van der Waals surface area contributed by atoms with Gasteiger partial charge in [-0.2, -0.15) is 0 Å². The minimum atomic E-state index is -1.87. The van der Waals surface area contributed by atoms with Gasteiger partial charge in [0, 0.05) is 64.6 Å². The monoisotopic (exact) mass is 973 g/mol. The van der Waals surface area contributed by atoms with E-state index in [4.69, 9.17) is 41.0 Å². The Morgan fingerprint density at radius 1 is 1.10 bits per heavy atom. The van der Waals surface area contributed by atoms with E-state index in [2.05, 4.69) is 5.32 Å². The van der Waals surface area contributed by atoms with E-state index in [1.807, 2.05) is 13.0 Å². The molecule has 3 saturated heterocycles. The minimum Gasteiger partial charge on any atom is -0.495 e. The van der Waals surface area contributed by atoms with Crippen LogP contribution in [0.2, 0.25) is 5.02 Å². The number of primary amides is 1. The number of nitrogens with one attached hydrogen (secondary N) is 1. The second-order valence-electron chi connectivity index (χ2n) is 18.7. The van der Waals surface area contributed by atoms with E-state index in [9.17, 15) is 38.7 Å². The highest BCUT2D eigenvalue weighted by Crippen LogP contribution is 2.49. The van der Waals surface area contributed by atoms with Gasteiger partial charge in [0.2, 0.25) is 29.5 Å². The number of alkyl carbamates (subject to hydrolysis) is 1. The summed E-state index contributed by atoms with van der Waals surface area (Å²) in [5.74, 6) is -2.71. The summed E-state index contributed by atoms with van der Waals surface area (Å²) in [4.78, 5) is 96.5. The van der Waals surface area contributed by atoms with Crippen LogP contribution in [0.3, 0.4) is 0 Å². The third kappa shape index (κ3) is 11.6. The van der Waals surface area contributed by atoms with Crippen molar-refractivity contribution in [3.63, 3.8) is 0 Å². The SMILES string of the molecule is COc1cc2cc(c1Cl)N(C)C(=O)C[C@H](OC(=O)[C@H](C)N(C)C(=O)CCSC1CC(=O)N(CC3CCC(C(N)=O)CC3)C1=O)[C@]1(C)O[C@H]1[C@H](C)[C@@H]1C[C@@](O)(NC(=O)O1)[C@H](OC)C=CC=C(C)C2. The Morgan fingerprint density at radius 3 is 2.46 bits per heavy atom. The molecule has 1 aliphatic carbocycles. The van der Waals surface area contributed by atoms with E-state index in [0.717, 1.165) is 11.1 Å². The van der Waals surface area contributed by atoms with Crippen LogP contribution in [0.15, 0.2) is 35.9 Å². The summed E-state index contributed by atoms with van der Waals surface area (Å²) in [6.45, 7) is 7.16. The molecule has 1 saturated carbocycles. The summed E-state index contributed by atoms with van der Waals surface area (Å²) in [7, 11) is 5.89. The number of esters is 1. The largest absolute Gasteiger partial charge is 0.495 e. The summed E-state index contributed by atoms with van der Waals surface area (Å²) in [6.07, 6.45) is 3.11. The lowest BCUT2D eigenvalue weighted by Crippen LogP contribution is -2.63. The second-order valence-corrected chi connectivity index (χ2v) is 20.4. The Kier molecular flexibility index (Phi) is 16.4. The number of imide groups is 1. The quantitative estimate of drug-likeness (QED) is 0.152. The molecule has 18 nitrogen and oxygen atoms in total. The van der Waals surface area contributed by atoms with Crippen LogP contribution < -0.4 is 20.7 Å². The number of epoxide rings is 1. The summed E-state index contributed by atoms with van der Waals surface area (Å²) in [6, 6.07) is 2.42. The van der Waals surface area contributed by atoms with E-state index >= 15 is 0 Å². The molecule has 9 atom stereocenters. The molecule has 1 unspecified atom stereocenters. The Bertz CT molecular complexity index is 2170. The number of halogens is 1. The highest BCUT2D eigenvalue weighted by molar-refractivity contribution is 8.00. The maximum absolute atomic E-state index is 14.3. The number of likely N-dealkylation sites (N-methyl/N-ethyl adjacent to an activating group) is 1. The maximum atomic E-state index is 14.3. The number of amides is 6. The molecule has 20 heteroatoms. The van der Waals surface area contributed by atoms with Gasteiger partial charge in [-0.1, -0.05) is 42.3 Å². The first-order chi connectivity index (χ1) is 31.6. The fraction of sp³-hybridized carbons (Fsp3) is 0.638. The van der Waals surface area contributed by atoms with E-state index in [1.54, 1.807) is 45.2 Å². The maximum Gasteiger partial charge on any atom is 0.409 e. The number of hydrogen-bond acceptors (Lipinski definition) is 14. The molecule has 4 heterocycles. The highest BCUT2D eigenvalue weighted by Gasteiger charge is 2.64. The summed E-state index contributed by atoms with van der Waals surface area (Å²) in [5.41, 5.74) is 4.31.